The van der Waals surface area contributed by atoms with Crippen LogP contribution in [-0.4, -0.2) is 49.4 Å². The van der Waals surface area contributed by atoms with Crippen LogP contribution < -0.4 is 10.6 Å². The van der Waals surface area contributed by atoms with E-state index >= 15 is 0 Å². The highest BCUT2D eigenvalue weighted by atomic mass is 16.5. The van der Waals surface area contributed by atoms with Gasteiger partial charge in [0.05, 0.1) is 19.2 Å². The quantitative estimate of drug-likeness (QED) is 0.752. The first-order valence-electron chi connectivity index (χ1n) is 9.18. The van der Waals surface area contributed by atoms with E-state index in [1.165, 1.54) is 7.11 Å². The molecule has 2 aromatic rings. The lowest BCUT2D eigenvalue weighted by Gasteiger charge is -2.15. The van der Waals surface area contributed by atoms with Crippen molar-refractivity contribution >= 4 is 29.2 Å². The lowest BCUT2D eigenvalue weighted by molar-refractivity contribution is -0.114. The van der Waals surface area contributed by atoms with Crippen molar-refractivity contribution in [1.29, 1.82) is 0 Å². The van der Waals surface area contributed by atoms with E-state index in [-0.39, 0.29) is 18.4 Å². The Morgan fingerprint density at radius 3 is 2.07 bits per heavy atom. The molecule has 3 rings (SSSR count). The van der Waals surface area contributed by atoms with Crippen LogP contribution in [0.2, 0.25) is 0 Å². The Bertz CT molecular complexity index is 841. The van der Waals surface area contributed by atoms with Gasteiger partial charge in [0.1, 0.15) is 0 Å². The van der Waals surface area contributed by atoms with Gasteiger partial charge in [0, 0.05) is 30.0 Å². The molecule has 146 valence electrons. The maximum absolute atomic E-state index is 12.3. The molecule has 0 aromatic heterocycles. The van der Waals surface area contributed by atoms with Gasteiger partial charge < -0.3 is 20.3 Å². The summed E-state index contributed by atoms with van der Waals surface area (Å²) in [5.74, 6) is -0.584. The average molecular weight is 381 g/mol. The standard InChI is InChI=1S/C21H23N3O4/c1-28-21(27)16-6-8-17(9-7-16)22-14-19(25)23-18-10-4-15(5-11-18)20(26)24-12-2-3-13-24/h4-11,22H,2-3,12-14H2,1H3,(H,23,25). The maximum Gasteiger partial charge on any atom is 0.337 e. The zero-order valence-electron chi connectivity index (χ0n) is 15.7. The summed E-state index contributed by atoms with van der Waals surface area (Å²) in [6, 6.07) is 13.6. The third-order valence-electron chi connectivity index (χ3n) is 4.57. The van der Waals surface area contributed by atoms with Gasteiger partial charge in [-0.25, -0.2) is 4.79 Å². The molecular formula is C21H23N3O4. The fraction of sp³-hybridized carbons (Fsp3) is 0.286. The highest BCUT2D eigenvalue weighted by molar-refractivity contribution is 5.97. The molecule has 7 heteroatoms. The summed E-state index contributed by atoms with van der Waals surface area (Å²) in [7, 11) is 1.33. The Balaban J connectivity index is 1.49. The van der Waals surface area contributed by atoms with Crippen LogP contribution in [0.15, 0.2) is 48.5 Å². The van der Waals surface area contributed by atoms with Crippen molar-refractivity contribution in [2.24, 2.45) is 0 Å². The third kappa shape index (κ3) is 4.88. The van der Waals surface area contributed by atoms with Crippen molar-refractivity contribution in [3.05, 3.63) is 59.7 Å². The minimum atomic E-state index is -0.407. The van der Waals surface area contributed by atoms with E-state index < -0.39 is 5.97 Å². The van der Waals surface area contributed by atoms with Gasteiger partial charge in [0.15, 0.2) is 0 Å². The molecule has 0 unspecified atom stereocenters. The Morgan fingerprint density at radius 2 is 1.46 bits per heavy atom. The van der Waals surface area contributed by atoms with E-state index in [9.17, 15) is 14.4 Å². The summed E-state index contributed by atoms with van der Waals surface area (Å²) < 4.78 is 4.65. The molecule has 1 aliphatic heterocycles. The minimum absolute atomic E-state index is 0.0347. The Morgan fingerprint density at radius 1 is 0.893 bits per heavy atom. The summed E-state index contributed by atoms with van der Waals surface area (Å²) in [4.78, 5) is 37.7. The molecule has 0 spiro atoms. The molecule has 1 heterocycles. The van der Waals surface area contributed by atoms with Crippen LogP contribution in [0.3, 0.4) is 0 Å². The SMILES string of the molecule is COC(=O)c1ccc(NCC(=O)Nc2ccc(C(=O)N3CCCC3)cc2)cc1. The van der Waals surface area contributed by atoms with Crippen LogP contribution in [0, 0.1) is 0 Å². The number of nitrogens with zero attached hydrogens (tertiary/aromatic N) is 1. The molecule has 2 amide bonds. The molecule has 1 aliphatic rings. The van der Waals surface area contributed by atoms with E-state index in [1.54, 1.807) is 48.5 Å². The number of esters is 1. The summed E-state index contributed by atoms with van der Waals surface area (Å²) in [6.07, 6.45) is 2.11. The lowest BCUT2D eigenvalue weighted by Crippen LogP contribution is -2.27. The Hall–Kier alpha value is -3.35. The fourth-order valence-electron chi connectivity index (χ4n) is 3.03. The number of nitrogens with one attached hydrogen (secondary N) is 2. The Labute approximate surface area is 163 Å². The summed E-state index contributed by atoms with van der Waals surface area (Å²) in [5, 5.41) is 5.78. The smallest absolute Gasteiger partial charge is 0.337 e. The van der Waals surface area contributed by atoms with Crippen molar-refractivity contribution in [1.82, 2.24) is 4.90 Å². The van der Waals surface area contributed by atoms with Crippen molar-refractivity contribution in [3.63, 3.8) is 0 Å². The number of hydrogen-bond acceptors (Lipinski definition) is 5. The lowest BCUT2D eigenvalue weighted by atomic mass is 10.2. The number of anilines is 2. The molecule has 0 bridgehead atoms. The summed E-state index contributed by atoms with van der Waals surface area (Å²) >= 11 is 0. The highest BCUT2D eigenvalue weighted by Gasteiger charge is 2.19. The third-order valence-corrected chi connectivity index (χ3v) is 4.57. The first kappa shape index (κ1) is 19.4. The van der Waals surface area contributed by atoms with E-state index in [1.807, 2.05) is 4.90 Å². The predicted molar refractivity (Wildman–Crippen MR) is 106 cm³/mol. The van der Waals surface area contributed by atoms with Crippen LogP contribution in [0.1, 0.15) is 33.6 Å². The van der Waals surface area contributed by atoms with Crippen LogP contribution in [-0.2, 0) is 9.53 Å². The van der Waals surface area contributed by atoms with Crippen LogP contribution >= 0.6 is 0 Å². The van der Waals surface area contributed by atoms with Gasteiger partial charge in [-0.2, -0.15) is 0 Å². The molecule has 2 N–H and O–H groups in total. The van der Waals surface area contributed by atoms with Crippen LogP contribution in [0.5, 0.6) is 0 Å². The first-order chi connectivity index (χ1) is 13.6. The number of likely N-dealkylation sites (tertiary alicyclic amines) is 1. The number of carbonyl (C=O) groups excluding carboxylic acids is 3. The second-order valence-electron chi connectivity index (χ2n) is 6.55. The van der Waals surface area contributed by atoms with Gasteiger partial charge in [-0.15, -0.1) is 0 Å². The molecule has 1 fully saturated rings. The molecule has 7 nitrogen and oxygen atoms in total. The molecule has 28 heavy (non-hydrogen) atoms. The van der Waals surface area contributed by atoms with Gasteiger partial charge in [-0.1, -0.05) is 0 Å². The molecule has 0 atom stereocenters. The number of hydrogen-bond donors (Lipinski definition) is 2. The van der Waals surface area contributed by atoms with Crippen molar-refractivity contribution in [2.45, 2.75) is 12.8 Å². The summed E-state index contributed by atoms with van der Waals surface area (Å²) in [5.41, 5.74) is 2.42. The monoisotopic (exact) mass is 381 g/mol. The van der Waals surface area contributed by atoms with E-state index in [0.717, 1.165) is 31.6 Å². The van der Waals surface area contributed by atoms with Crippen molar-refractivity contribution in [3.8, 4) is 0 Å². The van der Waals surface area contributed by atoms with E-state index in [0.29, 0.717) is 16.8 Å². The fourth-order valence-corrected chi connectivity index (χ4v) is 3.03. The molecular weight excluding hydrogens is 358 g/mol. The van der Waals surface area contributed by atoms with Gasteiger partial charge in [-0.3, -0.25) is 9.59 Å². The number of carbonyl (C=O) groups is 3. The zero-order valence-corrected chi connectivity index (χ0v) is 15.7. The molecule has 0 saturated carbocycles. The van der Waals surface area contributed by atoms with Crippen molar-refractivity contribution in [2.75, 3.05) is 37.4 Å². The van der Waals surface area contributed by atoms with Crippen LogP contribution in [0.4, 0.5) is 11.4 Å². The zero-order chi connectivity index (χ0) is 19.9. The number of rotatable bonds is 6. The second-order valence-corrected chi connectivity index (χ2v) is 6.55. The molecule has 1 saturated heterocycles. The number of ether oxygens (including phenoxy) is 1. The minimum Gasteiger partial charge on any atom is -0.465 e. The maximum atomic E-state index is 12.3. The van der Waals surface area contributed by atoms with Gasteiger partial charge in [0.25, 0.3) is 5.91 Å². The Kier molecular flexibility index (Phi) is 6.26. The molecule has 2 aromatic carbocycles. The van der Waals surface area contributed by atoms with Gasteiger partial charge >= 0.3 is 5.97 Å². The second kappa shape index (κ2) is 9.03. The predicted octanol–water partition coefficient (Wildman–Crippen LogP) is 2.76. The summed E-state index contributed by atoms with van der Waals surface area (Å²) in [6.45, 7) is 1.69. The number of amides is 2. The first-order valence-corrected chi connectivity index (χ1v) is 9.18. The van der Waals surface area contributed by atoms with E-state index in [4.69, 9.17) is 0 Å². The normalized spacial score (nSPS) is 13.1. The number of methoxy groups -OCH3 is 1. The van der Waals surface area contributed by atoms with Gasteiger partial charge in [-0.05, 0) is 61.4 Å². The van der Waals surface area contributed by atoms with E-state index in [2.05, 4.69) is 15.4 Å². The van der Waals surface area contributed by atoms with Crippen molar-refractivity contribution < 1.29 is 19.1 Å². The van der Waals surface area contributed by atoms with Crippen LogP contribution in [0.25, 0.3) is 0 Å². The average Bonchev–Trinajstić information content (AvgIpc) is 3.27. The largest absolute Gasteiger partial charge is 0.465 e. The molecule has 0 aliphatic carbocycles. The topological polar surface area (TPSA) is 87.7 Å². The highest BCUT2D eigenvalue weighted by Crippen LogP contribution is 2.16. The van der Waals surface area contributed by atoms with Gasteiger partial charge in [0.2, 0.25) is 5.91 Å². The molecule has 0 radical (unpaired) electrons. The number of benzene rings is 2.